The second-order valence-electron chi connectivity index (χ2n) is 12.7. The summed E-state index contributed by atoms with van der Waals surface area (Å²) in [4.78, 5) is 0. The Kier molecular flexibility index (Phi) is 8.36. The van der Waals surface area contributed by atoms with Gasteiger partial charge in [-0.15, -0.1) is 0 Å². The van der Waals surface area contributed by atoms with Crippen molar-refractivity contribution in [2.75, 3.05) is 0 Å². The van der Waals surface area contributed by atoms with Gasteiger partial charge in [0.05, 0.1) is 0 Å². The second-order valence-corrected chi connectivity index (χ2v) is 12.7. The summed E-state index contributed by atoms with van der Waals surface area (Å²) < 4.78 is 0. The van der Waals surface area contributed by atoms with Gasteiger partial charge in [-0.05, 0) is 99.3 Å². The summed E-state index contributed by atoms with van der Waals surface area (Å²) in [6.45, 7) is 28.0. The van der Waals surface area contributed by atoms with Crippen molar-refractivity contribution in [1.29, 1.82) is 0 Å². The number of rotatable bonds is 10. The van der Waals surface area contributed by atoms with Crippen LogP contribution >= 0.6 is 0 Å². The summed E-state index contributed by atoms with van der Waals surface area (Å²) in [6.07, 6.45) is 5.37. The molecule has 0 spiro atoms. The molecule has 0 heteroatoms. The SMILES string of the molecule is CCC(C)(C)c1[c]c(Cc2[c]c(C(C)(C)CC)cc(C(C)(C)CC)c2)cc(C(C)(C)CC)c1. The molecule has 0 aliphatic carbocycles. The highest BCUT2D eigenvalue weighted by Crippen LogP contribution is 2.36. The standard InChI is InChI=1S/C33H50/c1-13-30(5,6)26-18-24(19-27(22-26)31(7,8)14-2)17-25-20-28(32(9,10)15-3)23-29(21-25)33(11,12)16-4/h18,20,22-23H,13-17H2,1-12H3. The Morgan fingerprint density at radius 1 is 0.485 bits per heavy atom. The van der Waals surface area contributed by atoms with E-state index in [4.69, 9.17) is 0 Å². The van der Waals surface area contributed by atoms with E-state index in [9.17, 15) is 0 Å². The number of hydrogen-bond acceptors (Lipinski definition) is 0. The maximum absolute atomic E-state index is 3.85. The maximum atomic E-state index is 3.85. The lowest BCUT2D eigenvalue weighted by Gasteiger charge is -2.30. The van der Waals surface area contributed by atoms with Gasteiger partial charge in [0, 0.05) is 0 Å². The molecule has 0 fully saturated rings. The van der Waals surface area contributed by atoms with Crippen molar-refractivity contribution in [2.24, 2.45) is 0 Å². The zero-order valence-corrected chi connectivity index (χ0v) is 23.8. The van der Waals surface area contributed by atoms with Crippen molar-refractivity contribution in [2.45, 2.75) is 137 Å². The van der Waals surface area contributed by atoms with E-state index >= 15 is 0 Å². The lowest BCUT2D eigenvalue weighted by Crippen LogP contribution is -2.22. The van der Waals surface area contributed by atoms with E-state index in [2.05, 4.69) is 119 Å². The molecule has 0 atom stereocenters. The molecule has 2 aromatic rings. The molecule has 0 aromatic heterocycles. The molecule has 0 heterocycles. The minimum absolute atomic E-state index is 0.125. The summed E-state index contributed by atoms with van der Waals surface area (Å²) in [5, 5.41) is 0. The highest BCUT2D eigenvalue weighted by Gasteiger charge is 2.27. The van der Waals surface area contributed by atoms with Crippen LogP contribution in [0.4, 0.5) is 0 Å². The lowest BCUT2D eigenvalue weighted by molar-refractivity contribution is 0.486. The van der Waals surface area contributed by atoms with E-state index < -0.39 is 0 Å². The predicted molar refractivity (Wildman–Crippen MR) is 147 cm³/mol. The van der Waals surface area contributed by atoms with Crippen LogP contribution in [0.25, 0.3) is 0 Å². The molecule has 33 heavy (non-hydrogen) atoms. The van der Waals surface area contributed by atoms with E-state index in [-0.39, 0.29) is 21.7 Å². The van der Waals surface area contributed by atoms with E-state index in [1.54, 1.807) is 0 Å². The molecular weight excluding hydrogens is 396 g/mol. The van der Waals surface area contributed by atoms with Gasteiger partial charge in [0.25, 0.3) is 0 Å². The molecule has 0 amide bonds. The number of hydrogen-bond donors (Lipinski definition) is 0. The van der Waals surface area contributed by atoms with Crippen LogP contribution in [-0.4, -0.2) is 0 Å². The normalized spacial score (nSPS) is 13.5. The Balaban J connectivity index is 2.68. The fourth-order valence-electron chi connectivity index (χ4n) is 3.96. The van der Waals surface area contributed by atoms with E-state index in [1.165, 1.54) is 33.4 Å². The van der Waals surface area contributed by atoms with Crippen LogP contribution < -0.4 is 0 Å². The molecule has 0 nitrogen and oxygen atoms in total. The zero-order valence-electron chi connectivity index (χ0n) is 23.8. The van der Waals surface area contributed by atoms with Gasteiger partial charge in [0.1, 0.15) is 0 Å². The minimum atomic E-state index is 0.125. The first-order valence-corrected chi connectivity index (χ1v) is 13.3. The summed E-state index contributed by atoms with van der Waals surface area (Å²) in [7, 11) is 0. The van der Waals surface area contributed by atoms with Gasteiger partial charge in [0.2, 0.25) is 0 Å². The van der Waals surface area contributed by atoms with Gasteiger partial charge in [-0.1, -0.05) is 107 Å². The summed E-state index contributed by atoms with van der Waals surface area (Å²) >= 11 is 0. The Labute approximate surface area is 206 Å². The monoisotopic (exact) mass is 446 g/mol. The third-order valence-corrected chi connectivity index (χ3v) is 8.79. The zero-order chi connectivity index (χ0) is 25.2. The van der Waals surface area contributed by atoms with E-state index in [0.29, 0.717) is 0 Å². The van der Waals surface area contributed by atoms with Crippen LogP contribution in [0.15, 0.2) is 24.3 Å². The van der Waals surface area contributed by atoms with E-state index in [0.717, 1.165) is 32.1 Å². The van der Waals surface area contributed by atoms with Gasteiger partial charge in [-0.2, -0.15) is 0 Å². The van der Waals surface area contributed by atoms with Crippen LogP contribution in [0.1, 0.15) is 142 Å². The van der Waals surface area contributed by atoms with Crippen molar-refractivity contribution >= 4 is 0 Å². The van der Waals surface area contributed by atoms with Crippen molar-refractivity contribution in [3.05, 3.63) is 69.8 Å². The third kappa shape index (κ3) is 6.32. The Hall–Kier alpha value is -1.56. The summed E-state index contributed by atoms with van der Waals surface area (Å²) in [5.74, 6) is 0. The van der Waals surface area contributed by atoms with Crippen LogP contribution in [0.5, 0.6) is 0 Å². The first-order chi connectivity index (χ1) is 15.1. The highest BCUT2D eigenvalue weighted by molar-refractivity contribution is 5.42. The van der Waals surface area contributed by atoms with Crippen LogP contribution in [-0.2, 0) is 28.1 Å². The topological polar surface area (TPSA) is 0 Å². The molecule has 0 unspecified atom stereocenters. The first-order valence-electron chi connectivity index (χ1n) is 13.3. The molecule has 0 saturated heterocycles. The van der Waals surface area contributed by atoms with Gasteiger partial charge in [-0.3, -0.25) is 0 Å². The minimum Gasteiger partial charge on any atom is -0.0646 e. The molecule has 0 aliphatic rings. The molecule has 0 saturated carbocycles. The summed E-state index contributed by atoms with van der Waals surface area (Å²) in [6, 6.07) is 17.4. The molecule has 0 aliphatic heterocycles. The molecular formula is C33H50. The van der Waals surface area contributed by atoms with Crippen molar-refractivity contribution in [1.82, 2.24) is 0 Å². The molecule has 0 bridgehead atoms. The largest absolute Gasteiger partial charge is 0.0646 e. The smallest absolute Gasteiger partial charge is 0.00130 e. The molecule has 0 N–H and O–H groups in total. The maximum Gasteiger partial charge on any atom is -0.00130 e. The van der Waals surface area contributed by atoms with Crippen LogP contribution in [0.2, 0.25) is 0 Å². The fourth-order valence-corrected chi connectivity index (χ4v) is 3.96. The van der Waals surface area contributed by atoms with E-state index in [1.807, 2.05) is 0 Å². The Bertz CT molecular complexity index is 791. The summed E-state index contributed by atoms with van der Waals surface area (Å²) in [5.41, 5.74) is 8.74. The van der Waals surface area contributed by atoms with Crippen LogP contribution in [0.3, 0.4) is 0 Å². The van der Waals surface area contributed by atoms with Gasteiger partial charge in [0.15, 0.2) is 0 Å². The molecule has 2 radical (unpaired) electrons. The molecule has 182 valence electrons. The average molecular weight is 447 g/mol. The highest BCUT2D eigenvalue weighted by atomic mass is 14.3. The Morgan fingerprint density at radius 3 is 1.06 bits per heavy atom. The van der Waals surface area contributed by atoms with Gasteiger partial charge >= 0.3 is 0 Å². The fraction of sp³-hybridized carbons (Fsp3) is 0.636. The average Bonchev–Trinajstić information content (AvgIpc) is 2.78. The number of benzene rings is 2. The quantitative estimate of drug-likeness (QED) is 0.341. The lowest BCUT2D eigenvalue weighted by atomic mass is 9.74. The third-order valence-electron chi connectivity index (χ3n) is 8.79. The first kappa shape index (κ1) is 27.7. The van der Waals surface area contributed by atoms with Crippen molar-refractivity contribution in [3.63, 3.8) is 0 Å². The Morgan fingerprint density at radius 2 is 0.788 bits per heavy atom. The van der Waals surface area contributed by atoms with Gasteiger partial charge < -0.3 is 0 Å². The van der Waals surface area contributed by atoms with Crippen LogP contribution in [0, 0.1) is 12.1 Å². The van der Waals surface area contributed by atoms with Crippen molar-refractivity contribution < 1.29 is 0 Å². The van der Waals surface area contributed by atoms with Crippen molar-refractivity contribution in [3.8, 4) is 0 Å². The predicted octanol–water partition coefficient (Wildman–Crippen LogP) is 9.63. The second kappa shape index (κ2) is 9.97. The molecule has 2 rings (SSSR count). The van der Waals surface area contributed by atoms with Gasteiger partial charge in [-0.25, -0.2) is 0 Å². The molecule has 2 aromatic carbocycles.